The van der Waals surface area contributed by atoms with E-state index in [-0.39, 0.29) is 35.4 Å². The van der Waals surface area contributed by atoms with Gasteiger partial charge in [0, 0.05) is 6.92 Å². The molecule has 1 aromatic rings. The van der Waals surface area contributed by atoms with Crippen molar-refractivity contribution in [2.45, 2.75) is 25.8 Å². The lowest BCUT2D eigenvalue weighted by Crippen LogP contribution is -2.55. The van der Waals surface area contributed by atoms with Gasteiger partial charge in [-0.05, 0) is 18.1 Å². The second-order valence-corrected chi connectivity index (χ2v) is 5.91. The molecular formula is C14H17BNO7-. The Morgan fingerprint density at radius 1 is 1.35 bits per heavy atom. The van der Waals surface area contributed by atoms with Crippen LogP contribution in [0.15, 0.2) is 12.1 Å². The third-order valence-corrected chi connectivity index (χ3v) is 4.10. The smallest absolute Gasteiger partial charge is 0.430 e. The molecule has 0 radical (unpaired) electrons. The highest BCUT2D eigenvalue weighted by Gasteiger charge is 2.35. The summed E-state index contributed by atoms with van der Waals surface area (Å²) >= 11 is 0. The van der Waals surface area contributed by atoms with E-state index >= 15 is 0 Å². The zero-order chi connectivity index (χ0) is 16.8. The molecule has 3 N–H and O–H groups in total. The van der Waals surface area contributed by atoms with Gasteiger partial charge in [0.05, 0.1) is 18.8 Å². The molecule has 1 saturated heterocycles. The number of rotatable bonds is 3. The van der Waals surface area contributed by atoms with Crippen LogP contribution in [0, 0.1) is 0 Å². The van der Waals surface area contributed by atoms with Gasteiger partial charge in [-0.3, -0.25) is 4.79 Å². The highest BCUT2D eigenvalue weighted by Crippen LogP contribution is 2.38. The minimum Gasteiger partial charge on any atom is -0.669 e. The monoisotopic (exact) mass is 322 g/mol. The third-order valence-electron chi connectivity index (χ3n) is 4.10. The highest BCUT2D eigenvalue weighted by atomic mass is 16.6. The summed E-state index contributed by atoms with van der Waals surface area (Å²) in [6, 6.07) is 3.20. The van der Waals surface area contributed by atoms with Gasteiger partial charge in [0.1, 0.15) is 17.4 Å². The number of aryl methyl sites for hydroxylation is 1. The van der Waals surface area contributed by atoms with Crippen LogP contribution < -0.4 is 9.39 Å². The number of aromatic carboxylic acids is 1. The normalized spacial score (nSPS) is 19.3. The maximum atomic E-state index is 11.6. The van der Waals surface area contributed by atoms with Crippen molar-refractivity contribution in [1.29, 1.82) is 0 Å². The number of carbonyl (C=O) groups excluding carboxylic acids is 1. The van der Waals surface area contributed by atoms with Crippen molar-refractivity contribution in [2.24, 2.45) is 0 Å². The van der Waals surface area contributed by atoms with Crippen LogP contribution in [-0.2, 0) is 11.2 Å². The van der Waals surface area contributed by atoms with Crippen molar-refractivity contribution in [2.75, 3.05) is 13.1 Å². The van der Waals surface area contributed by atoms with E-state index in [9.17, 15) is 24.7 Å². The number of carboxylic acids is 1. The Bertz CT molecular complexity index is 669. The van der Waals surface area contributed by atoms with Gasteiger partial charge in [-0.25, -0.2) is 4.79 Å². The molecule has 1 aromatic carbocycles. The van der Waals surface area contributed by atoms with Gasteiger partial charge in [0.15, 0.2) is 0 Å². The van der Waals surface area contributed by atoms with Crippen molar-refractivity contribution in [1.82, 2.24) is 4.90 Å². The first-order valence-corrected chi connectivity index (χ1v) is 7.37. The summed E-state index contributed by atoms with van der Waals surface area (Å²) < 4.78 is 10.7. The summed E-state index contributed by atoms with van der Waals surface area (Å²) in [4.78, 5) is 24.3. The van der Waals surface area contributed by atoms with Crippen LogP contribution in [-0.4, -0.2) is 57.9 Å². The maximum Gasteiger partial charge on any atom is 0.430 e. The molecule has 0 bridgehead atoms. The van der Waals surface area contributed by atoms with Crippen LogP contribution in [0.1, 0.15) is 22.8 Å². The number of nitrogens with zero attached hydrogens (tertiary/aromatic N) is 1. The number of benzene rings is 1. The molecule has 0 atom stereocenters. The van der Waals surface area contributed by atoms with E-state index in [1.807, 2.05) is 0 Å². The van der Waals surface area contributed by atoms with Gasteiger partial charge in [0.2, 0.25) is 5.91 Å². The van der Waals surface area contributed by atoms with Crippen LogP contribution >= 0.6 is 0 Å². The number of ether oxygens (including phenoxy) is 1. The first-order valence-electron chi connectivity index (χ1n) is 7.37. The number of hydrogen-bond donors (Lipinski definition) is 3. The second-order valence-electron chi connectivity index (χ2n) is 5.91. The number of amides is 1. The molecule has 1 amide bonds. The first-order chi connectivity index (χ1) is 10.8. The molecule has 3 rings (SSSR count). The Balaban J connectivity index is 1.87. The van der Waals surface area contributed by atoms with Gasteiger partial charge < -0.3 is 29.4 Å². The Kier molecular flexibility index (Phi) is 3.69. The van der Waals surface area contributed by atoms with Gasteiger partial charge in [0.25, 0.3) is 0 Å². The molecule has 9 heteroatoms. The fourth-order valence-electron chi connectivity index (χ4n) is 2.78. The van der Waals surface area contributed by atoms with Crippen molar-refractivity contribution in [3.63, 3.8) is 0 Å². The summed E-state index contributed by atoms with van der Waals surface area (Å²) in [6.45, 7) is -0.826. The van der Waals surface area contributed by atoms with Gasteiger partial charge in [-0.1, -0.05) is 12.4 Å². The zero-order valence-electron chi connectivity index (χ0n) is 12.6. The number of carbonyl (C=O) groups is 2. The Morgan fingerprint density at radius 3 is 2.65 bits per heavy atom. The predicted octanol–water partition coefficient (Wildman–Crippen LogP) is -0.147. The topological polar surface area (TPSA) is 117 Å². The molecule has 2 aliphatic rings. The molecule has 0 unspecified atom stereocenters. The van der Waals surface area contributed by atoms with Crippen LogP contribution in [0.4, 0.5) is 0 Å². The molecule has 2 aliphatic heterocycles. The molecule has 8 nitrogen and oxygen atoms in total. The van der Waals surface area contributed by atoms with E-state index in [1.165, 1.54) is 13.0 Å². The summed E-state index contributed by atoms with van der Waals surface area (Å²) in [5, 5.41) is 28.8. The number of carboxylic acid groups (broad SMARTS) is 1. The lowest BCUT2D eigenvalue weighted by molar-refractivity contribution is -0.137. The largest absolute Gasteiger partial charge is 0.669 e. The van der Waals surface area contributed by atoms with Gasteiger partial charge >= 0.3 is 12.7 Å². The maximum absolute atomic E-state index is 11.6. The van der Waals surface area contributed by atoms with E-state index in [0.29, 0.717) is 25.1 Å². The first kappa shape index (κ1) is 15.6. The summed E-state index contributed by atoms with van der Waals surface area (Å²) in [7, 11) is 0. The van der Waals surface area contributed by atoms with Crippen molar-refractivity contribution in [3.8, 4) is 11.5 Å². The van der Waals surface area contributed by atoms with E-state index in [0.717, 1.165) is 0 Å². The van der Waals surface area contributed by atoms with Crippen molar-refractivity contribution in [3.05, 3.63) is 23.3 Å². The van der Waals surface area contributed by atoms with Crippen LogP contribution in [0.25, 0.3) is 0 Å². The fraction of sp³-hybridized carbons (Fsp3) is 0.429. The molecule has 1 fully saturated rings. The van der Waals surface area contributed by atoms with Gasteiger partial charge in [-0.2, -0.15) is 0 Å². The zero-order valence-corrected chi connectivity index (χ0v) is 12.6. The van der Waals surface area contributed by atoms with E-state index in [4.69, 9.17) is 9.39 Å². The SMILES string of the molecule is CC(=O)N1CC(Oc2ccc3c(c2C(=O)O)O[B-](O)(O)CC3)C1. The standard InChI is InChI=1S/C14H17BNO7/c1-8(17)16-6-10(7-16)22-11-3-2-9-4-5-15(20,21)23-13(9)12(11)14(18)19/h2-3,10,20-21H,4-7H2,1H3,(H,18,19)/q-1. The molecule has 0 saturated carbocycles. The number of likely N-dealkylation sites (tertiary alicyclic amines) is 1. The Labute approximate surface area is 132 Å². The summed E-state index contributed by atoms with van der Waals surface area (Å²) in [5.74, 6) is -1.30. The lowest BCUT2D eigenvalue weighted by atomic mass is 9.70. The molecule has 0 aliphatic carbocycles. The summed E-state index contributed by atoms with van der Waals surface area (Å²) in [6.07, 6.45) is 0.0320. The van der Waals surface area contributed by atoms with Crippen LogP contribution in [0.2, 0.25) is 6.32 Å². The molecular weight excluding hydrogens is 305 g/mol. The number of hydrogen-bond acceptors (Lipinski definition) is 6. The second kappa shape index (κ2) is 5.43. The molecule has 23 heavy (non-hydrogen) atoms. The Hall–Kier alpha value is -2.26. The average molecular weight is 322 g/mol. The summed E-state index contributed by atoms with van der Waals surface area (Å²) in [5.41, 5.74) is 0.368. The lowest BCUT2D eigenvalue weighted by Gasteiger charge is -2.40. The van der Waals surface area contributed by atoms with E-state index in [2.05, 4.69) is 0 Å². The Morgan fingerprint density at radius 2 is 2.04 bits per heavy atom. The van der Waals surface area contributed by atoms with Crippen molar-refractivity contribution >= 4 is 18.6 Å². The van der Waals surface area contributed by atoms with Crippen molar-refractivity contribution < 1.29 is 34.1 Å². The number of fused-ring (bicyclic) bond motifs is 1. The van der Waals surface area contributed by atoms with Gasteiger partial charge in [-0.15, -0.1) is 0 Å². The third kappa shape index (κ3) is 2.97. The highest BCUT2D eigenvalue weighted by molar-refractivity contribution is 6.59. The molecule has 124 valence electrons. The average Bonchev–Trinajstić information content (AvgIpc) is 2.39. The van der Waals surface area contributed by atoms with E-state index < -0.39 is 12.7 Å². The van der Waals surface area contributed by atoms with Crippen LogP contribution in [0.3, 0.4) is 0 Å². The van der Waals surface area contributed by atoms with E-state index in [1.54, 1.807) is 11.0 Å². The quantitative estimate of drug-likeness (QED) is 0.663. The molecule has 2 heterocycles. The van der Waals surface area contributed by atoms with Crippen LogP contribution in [0.5, 0.6) is 11.5 Å². The molecule has 0 spiro atoms. The molecule has 0 aromatic heterocycles. The fourth-order valence-corrected chi connectivity index (χ4v) is 2.78. The predicted molar refractivity (Wildman–Crippen MR) is 79.4 cm³/mol. The minimum atomic E-state index is -3.06. The minimum absolute atomic E-state index is 0.0163.